The number of hydrogen-bond acceptors (Lipinski definition) is 5. The number of imidazole rings is 1. The van der Waals surface area contributed by atoms with Gasteiger partial charge in [0.05, 0.1) is 5.69 Å². The lowest BCUT2D eigenvalue weighted by atomic mass is 10.1. The van der Waals surface area contributed by atoms with Gasteiger partial charge in [-0.05, 0) is 32.1 Å². The smallest absolute Gasteiger partial charge is 0.349 e. The Labute approximate surface area is 129 Å². The van der Waals surface area contributed by atoms with Crippen molar-refractivity contribution in [1.29, 1.82) is 0 Å². The van der Waals surface area contributed by atoms with Gasteiger partial charge in [0.2, 0.25) is 5.95 Å². The van der Waals surface area contributed by atoms with Crippen LogP contribution in [0.4, 0.5) is 5.95 Å². The van der Waals surface area contributed by atoms with Crippen LogP contribution in [0.15, 0.2) is 4.79 Å². The molecule has 7 heteroatoms. The van der Waals surface area contributed by atoms with Crippen molar-refractivity contribution in [2.75, 3.05) is 12.3 Å². The van der Waals surface area contributed by atoms with Crippen LogP contribution in [-0.4, -0.2) is 30.8 Å². The van der Waals surface area contributed by atoms with E-state index in [1.165, 1.54) is 0 Å². The molecule has 0 radical (unpaired) electrons. The molecule has 2 aromatic heterocycles. The molecule has 0 unspecified atom stereocenters. The van der Waals surface area contributed by atoms with Crippen molar-refractivity contribution in [1.82, 2.24) is 19.1 Å². The monoisotopic (exact) mass is 307 g/mol. The SMILES string of the molecule is CCCn1c(N)nc2c1c(CCCCO)nc(=O)n2CCC. The fourth-order valence-corrected chi connectivity index (χ4v) is 2.70. The minimum absolute atomic E-state index is 0.145. The Morgan fingerprint density at radius 2 is 1.77 bits per heavy atom. The molecule has 122 valence electrons. The normalized spacial score (nSPS) is 11.4. The van der Waals surface area contributed by atoms with Gasteiger partial charge in [0.25, 0.3) is 0 Å². The lowest BCUT2D eigenvalue weighted by Crippen LogP contribution is -2.25. The predicted molar refractivity (Wildman–Crippen MR) is 86.8 cm³/mol. The van der Waals surface area contributed by atoms with Gasteiger partial charge < -0.3 is 15.4 Å². The summed E-state index contributed by atoms with van der Waals surface area (Å²) in [5, 5.41) is 8.95. The quantitative estimate of drug-likeness (QED) is 0.716. The summed E-state index contributed by atoms with van der Waals surface area (Å²) in [5.41, 5.74) is 8.01. The van der Waals surface area contributed by atoms with Crippen LogP contribution in [0.2, 0.25) is 0 Å². The molecular formula is C15H25N5O2. The second-order valence-electron chi connectivity index (χ2n) is 5.47. The van der Waals surface area contributed by atoms with E-state index in [1.807, 2.05) is 11.5 Å². The van der Waals surface area contributed by atoms with Gasteiger partial charge in [0, 0.05) is 19.7 Å². The Balaban J connectivity index is 2.62. The molecule has 2 rings (SSSR count). The highest BCUT2D eigenvalue weighted by Crippen LogP contribution is 2.21. The lowest BCUT2D eigenvalue weighted by Gasteiger charge is -2.10. The second kappa shape index (κ2) is 7.40. The van der Waals surface area contributed by atoms with Crippen molar-refractivity contribution in [2.24, 2.45) is 0 Å². The minimum Gasteiger partial charge on any atom is -0.396 e. The standard InChI is InChI=1S/C15H25N5O2/c1-3-8-19-12-11(7-5-6-10-21)17-15(22)20(9-4-2)13(12)18-14(19)16/h21H,3-10H2,1-2H3,(H2,16,18). The highest BCUT2D eigenvalue weighted by Gasteiger charge is 2.18. The molecule has 2 aromatic rings. The van der Waals surface area contributed by atoms with Gasteiger partial charge in [0.1, 0.15) is 5.52 Å². The number of nitrogen functional groups attached to an aromatic ring is 1. The van der Waals surface area contributed by atoms with Gasteiger partial charge in [0.15, 0.2) is 5.65 Å². The van der Waals surface area contributed by atoms with Crippen LogP contribution in [0, 0.1) is 0 Å². The zero-order valence-electron chi connectivity index (χ0n) is 13.4. The molecule has 7 nitrogen and oxygen atoms in total. The van der Waals surface area contributed by atoms with Crippen LogP contribution >= 0.6 is 0 Å². The molecule has 0 aliphatic carbocycles. The molecule has 0 aliphatic rings. The predicted octanol–water partition coefficient (Wildman–Crippen LogP) is 1.31. The van der Waals surface area contributed by atoms with E-state index in [1.54, 1.807) is 4.57 Å². The van der Waals surface area contributed by atoms with Crippen molar-refractivity contribution < 1.29 is 5.11 Å². The molecule has 2 heterocycles. The number of rotatable bonds is 8. The van der Waals surface area contributed by atoms with Crippen LogP contribution in [0.5, 0.6) is 0 Å². The van der Waals surface area contributed by atoms with Crippen LogP contribution in [-0.2, 0) is 19.5 Å². The maximum Gasteiger partial charge on any atom is 0.349 e. The number of hydrogen-bond donors (Lipinski definition) is 2. The van der Waals surface area contributed by atoms with Crippen LogP contribution < -0.4 is 11.4 Å². The van der Waals surface area contributed by atoms with Crippen LogP contribution in [0.1, 0.15) is 45.2 Å². The van der Waals surface area contributed by atoms with Gasteiger partial charge in [-0.25, -0.2) is 4.79 Å². The maximum atomic E-state index is 12.3. The average Bonchev–Trinajstić information content (AvgIpc) is 2.81. The van der Waals surface area contributed by atoms with Crippen molar-refractivity contribution in [2.45, 2.75) is 59.0 Å². The van der Waals surface area contributed by atoms with Crippen LogP contribution in [0.3, 0.4) is 0 Å². The lowest BCUT2D eigenvalue weighted by molar-refractivity contribution is 0.284. The highest BCUT2D eigenvalue weighted by molar-refractivity contribution is 5.77. The van der Waals surface area contributed by atoms with Gasteiger partial charge in [-0.2, -0.15) is 9.97 Å². The third kappa shape index (κ3) is 3.14. The average molecular weight is 307 g/mol. The Kier molecular flexibility index (Phi) is 5.54. The molecule has 0 atom stereocenters. The summed E-state index contributed by atoms with van der Waals surface area (Å²) < 4.78 is 3.55. The van der Waals surface area contributed by atoms with E-state index < -0.39 is 0 Å². The molecule has 0 bridgehead atoms. The van der Waals surface area contributed by atoms with Crippen LogP contribution in [0.25, 0.3) is 11.2 Å². The molecule has 22 heavy (non-hydrogen) atoms. The molecule has 0 saturated heterocycles. The number of unbranched alkanes of at least 4 members (excludes halogenated alkanes) is 1. The van der Waals surface area contributed by atoms with Gasteiger partial charge >= 0.3 is 5.69 Å². The largest absolute Gasteiger partial charge is 0.396 e. The molecule has 0 aliphatic heterocycles. The Morgan fingerprint density at radius 3 is 2.41 bits per heavy atom. The summed E-state index contributed by atoms with van der Waals surface area (Å²) in [6, 6.07) is 0. The molecule has 0 amide bonds. The van der Waals surface area contributed by atoms with Crippen molar-refractivity contribution >= 4 is 17.1 Å². The minimum atomic E-state index is -0.269. The number of aryl methyl sites for hydroxylation is 3. The first-order valence-electron chi connectivity index (χ1n) is 8.00. The second-order valence-corrected chi connectivity index (χ2v) is 5.47. The fourth-order valence-electron chi connectivity index (χ4n) is 2.70. The number of aromatic nitrogens is 4. The first-order chi connectivity index (χ1) is 10.6. The highest BCUT2D eigenvalue weighted by atomic mass is 16.2. The Hall–Kier alpha value is -1.89. The third-order valence-corrected chi connectivity index (χ3v) is 3.69. The number of nitrogens with two attached hydrogens (primary N) is 1. The Bertz CT molecular complexity index is 689. The first kappa shape index (κ1) is 16.5. The number of anilines is 1. The number of aliphatic hydroxyl groups is 1. The molecule has 0 aromatic carbocycles. The first-order valence-corrected chi connectivity index (χ1v) is 8.00. The van der Waals surface area contributed by atoms with Gasteiger partial charge in [-0.1, -0.05) is 13.8 Å². The van der Waals surface area contributed by atoms with E-state index in [4.69, 9.17) is 10.8 Å². The molecular weight excluding hydrogens is 282 g/mol. The molecule has 3 N–H and O–H groups in total. The van der Waals surface area contributed by atoms with Crippen molar-refractivity contribution in [3.63, 3.8) is 0 Å². The van der Waals surface area contributed by atoms with E-state index in [-0.39, 0.29) is 12.3 Å². The van der Waals surface area contributed by atoms with E-state index in [0.717, 1.165) is 37.0 Å². The number of aliphatic hydroxyl groups excluding tert-OH is 1. The summed E-state index contributed by atoms with van der Waals surface area (Å²) >= 11 is 0. The van der Waals surface area contributed by atoms with E-state index in [2.05, 4.69) is 16.9 Å². The summed E-state index contributed by atoms with van der Waals surface area (Å²) in [6.07, 6.45) is 3.89. The van der Waals surface area contributed by atoms with E-state index in [9.17, 15) is 4.79 Å². The van der Waals surface area contributed by atoms with E-state index >= 15 is 0 Å². The summed E-state index contributed by atoms with van der Waals surface area (Å²) in [4.78, 5) is 20.9. The molecule has 0 fully saturated rings. The number of nitrogens with zero attached hydrogens (tertiary/aromatic N) is 4. The molecule has 0 spiro atoms. The van der Waals surface area contributed by atoms with Gasteiger partial charge in [-0.3, -0.25) is 4.57 Å². The molecule has 0 saturated carbocycles. The fraction of sp³-hybridized carbons (Fsp3) is 0.667. The summed E-state index contributed by atoms with van der Waals surface area (Å²) in [6.45, 7) is 5.57. The number of fused-ring (bicyclic) bond motifs is 1. The van der Waals surface area contributed by atoms with Crippen molar-refractivity contribution in [3.8, 4) is 0 Å². The topological polar surface area (TPSA) is 99.0 Å². The zero-order chi connectivity index (χ0) is 16.1. The van der Waals surface area contributed by atoms with Gasteiger partial charge in [-0.15, -0.1) is 0 Å². The van der Waals surface area contributed by atoms with Crippen molar-refractivity contribution in [3.05, 3.63) is 16.2 Å². The third-order valence-electron chi connectivity index (χ3n) is 3.69. The maximum absolute atomic E-state index is 12.3. The Morgan fingerprint density at radius 1 is 1.09 bits per heavy atom. The van der Waals surface area contributed by atoms with E-state index in [0.29, 0.717) is 31.0 Å². The summed E-state index contributed by atoms with van der Waals surface area (Å²) in [7, 11) is 0. The zero-order valence-corrected chi connectivity index (χ0v) is 13.4. The summed E-state index contributed by atoms with van der Waals surface area (Å²) in [5.74, 6) is 0.428.